The van der Waals surface area contributed by atoms with Crippen molar-refractivity contribution in [2.24, 2.45) is 5.92 Å². The number of rotatable bonds is 3. The Morgan fingerprint density at radius 1 is 1.69 bits per heavy atom. The molecule has 0 saturated carbocycles. The van der Waals surface area contributed by atoms with Gasteiger partial charge in [-0.3, -0.25) is 4.79 Å². The minimum absolute atomic E-state index is 0.250. The number of carboxylic acid groups (broad SMARTS) is 1. The van der Waals surface area contributed by atoms with Crippen LogP contribution in [0, 0.1) is 5.92 Å². The highest BCUT2D eigenvalue weighted by Gasteiger charge is 2.26. The fraction of sp³-hybridized carbons (Fsp3) is 0.417. The Balaban J connectivity index is 2.17. The summed E-state index contributed by atoms with van der Waals surface area (Å²) < 4.78 is 0. The van der Waals surface area contributed by atoms with E-state index in [0.717, 1.165) is 17.8 Å². The van der Waals surface area contributed by atoms with Gasteiger partial charge in [-0.15, -0.1) is 0 Å². The van der Waals surface area contributed by atoms with Crippen LogP contribution in [0.1, 0.15) is 24.8 Å². The van der Waals surface area contributed by atoms with Gasteiger partial charge in [-0.1, -0.05) is 18.5 Å². The van der Waals surface area contributed by atoms with Gasteiger partial charge in [0.15, 0.2) is 0 Å². The van der Waals surface area contributed by atoms with Gasteiger partial charge in [0.25, 0.3) is 0 Å². The summed E-state index contributed by atoms with van der Waals surface area (Å²) in [6.07, 6.45) is 0.648. The molecular formula is C12H14ClNO2. The molecule has 3 nitrogen and oxygen atoms in total. The van der Waals surface area contributed by atoms with E-state index in [-0.39, 0.29) is 11.8 Å². The zero-order valence-electron chi connectivity index (χ0n) is 9.03. The van der Waals surface area contributed by atoms with Gasteiger partial charge in [-0.05, 0) is 30.2 Å². The standard InChI is InChI=1S/C12H14ClNO2/c1-7(12(15)16)4-8-6-14-11-3-2-9(13)5-10(8)11/h2-3,5,7-8,14H,4,6H2,1H3,(H,15,16). The number of halogens is 1. The molecule has 0 saturated heterocycles. The van der Waals surface area contributed by atoms with Crippen molar-refractivity contribution in [3.8, 4) is 0 Å². The number of anilines is 1. The maximum atomic E-state index is 10.8. The summed E-state index contributed by atoms with van der Waals surface area (Å²) in [5.41, 5.74) is 2.22. The molecule has 0 aliphatic carbocycles. The van der Waals surface area contributed by atoms with Crippen LogP contribution in [0.25, 0.3) is 0 Å². The molecule has 1 aliphatic heterocycles. The topological polar surface area (TPSA) is 49.3 Å². The highest BCUT2D eigenvalue weighted by molar-refractivity contribution is 6.30. The maximum Gasteiger partial charge on any atom is 0.306 e. The van der Waals surface area contributed by atoms with Crippen molar-refractivity contribution in [1.82, 2.24) is 0 Å². The summed E-state index contributed by atoms with van der Waals surface area (Å²) in [7, 11) is 0. The van der Waals surface area contributed by atoms with E-state index in [1.165, 1.54) is 0 Å². The van der Waals surface area contributed by atoms with Crippen molar-refractivity contribution < 1.29 is 9.90 Å². The van der Waals surface area contributed by atoms with Gasteiger partial charge in [0.1, 0.15) is 0 Å². The molecule has 0 aromatic heterocycles. The number of hydrogen-bond acceptors (Lipinski definition) is 2. The third-order valence-electron chi connectivity index (χ3n) is 3.05. The molecule has 2 unspecified atom stereocenters. The summed E-state index contributed by atoms with van der Waals surface area (Å²) >= 11 is 5.94. The first-order chi connectivity index (χ1) is 7.58. The number of carboxylic acids is 1. The quantitative estimate of drug-likeness (QED) is 0.853. The zero-order valence-corrected chi connectivity index (χ0v) is 9.79. The molecule has 2 atom stereocenters. The van der Waals surface area contributed by atoms with Gasteiger partial charge in [0.05, 0.1) is 5.92 Å². The Bertz CT molecular complexity index is 419. The van der Waals surface area contributed by atoms with Crippen molar-refractivity contribution in [2.75, 3.05) is 11.9 Å². The second-order valence-electron chi connectivity index (χ2n) is 4.28. The number of carbonyl (C=O) groups is 1. The van der Waals surface area contributed by atoms with E-state index >= 15 is 0 Å². The second-order valence-corrected chi connectivity index (χ2v) is 4.72. The monoisotopic (exact) mass is 239 g/mol. The highest BCUT2D eigenvalue weighted by Crippen LogP contribution is 2.36. The molecule has 0 bridgehead atoms. The second kappa shape index (κ2) is 4.34. The van der Waals surface area contributed by atoms with Gasteiger partial charge in [-0.25, -0.2) is 0 Å². The van der Waals surface area contributed by atoms with Gasteiger partial charge < -0.3 is 10.4 Å². The Morgan fingerprint density at radius 3 is 3.12 bits per heavy atom. The van der Waals surface area contributed by atoms with E-state index < -0.39 is 5.97 Å². The summed E-state index contributed by atoms with van der Waals surface area (Å²) in [6.45, 7) is 2.54. The molecular weight excluding hydrogens is 226 g/mol. The van der Waals surface area contributed by atoms with Crippen LogP contribution in [-0.4, -0.2) is 17.6 Å². The van der Waals surface area contributed by atoms with Gasteiger partial charge in [0.2, 0.25) is 0 Å². The van der Waals surface area contributed by atoms with Crippen LogP contribution in [-0.2, 0) is 4.79 Å². The molecule has 0 spiro atoms. The molecule has 4 heteroatoms. The first-order valence-electron chi connectivity index (χ1n) is 5.34. The Hall–Kier alpha value is -1.22. The summed E-state index contributed by atoms with van der Waals surface area (Å²) in [5.74, 6) is -0.813. The lowest BCUT2D eigenvalue weighted by atomic mass is 9.91. The molecule has 2 rings (SSSR count). The normalized spacial score (nSPS) is 20.0. The lowest BCUT2D eigenvalue weighted by Gasteiger charge is -2.13. The summed E-state index contributed by atoms with van der Waals surface area (Å²) in [5, 5.41) is 12.9. The van der Waals surface area contributed by atoms with Crippen molar-refractivity contribution in [2.45, 2.75) is 19.3 Å². The first kappa shape index (κ1) is 11.3. The van der Waals surface area contributed by atoms with Crippen molar-refractivity contribution >= 4 is 23.3 Å². The fourth-order valence-corrected chi connectivity index (χ4v) is 2.29. The molecule has 86 valence electrons. The number of nitrogens with one attached hydrogen (secondary N) is 1. The SMILES string of the molecule is CC(CC1CNc2ccc(Cl)cc21)C(=O)O. The van der Waals surface area contributed by atoms with E-state index in [1.54, 1.807) is 6.92 Å². The zero-order chi connectivity index (χ0) is 11.7. The highest BCUT2D eigenvalue weighted by atomic mass is 35.5. The van der Waals surface area contributed by atoms with Crippen LogP contribution in [0.4, 0.5) is 5.69 Å². The van der Waals surface area contributed by atoms with E-state index in [9.17, 15) is 4.79 Å². The predicted molar refractivity (Wildman–Crippen MR) is 64.1 cm³/mol. The van der Waals surface area contributed by atoms with E-state index in [4.69, 9.17) is 16.7 Å². The van der Waals surface area contributed by atoms with Crippen molar-refractivity contribution in [1.29, 1.82) is 0 Å². The van der Waals surface area contributed by atoms with Crippen LogP contribution >= 0.6 is 11.6 Å². The molecule has 16 heavy (non-hydrogen) atoms. The maximum absolute atomic E-state index is 10.8. The molecule has 1 aromatic carbocycles. The lowest BCUT2D eigenvalue weighted by Crippen LogP contribution is -2.14. The third-order valence-corrected chi connectivity index (χ3v) is 3.29. The Labute approximate surface area is 99.4 Å². The minimum Gasteiger partial charge on any atom is -0.481 e. The van der Waals surface area contributed by atoms with Gasteiger partial charge in [0, 0.05) is 23.2 Å². The van der Waals surface area contributed by atoms with Gasteiger partial charge >= 0.3 is 5.97 Å². The average Bonchev–Trinajstić information content (AvgIpc) is 2.61. The Kier molecular flexibility index (Phi) is 3.06. The number of benzene rings is 1. The average molecular weight is 240 g/mol. The molecule has 0 radical (unpaired) electrons. The first-order valence-corrected chi connectivity index (χ1v) is 5.72. The molecule has 1 heterocycles. The van der Waals surface area contributed by atoms with Crippen LogP contribution in [0.2, 0.25) is 5.02 Å². The Morgan fingerprint density at radius 2 is 2.44 bits per heavy atom. The van der Waals surface area contributed by atoms with E-state index in [0.29, 0.717) is 11.4 Å². The van der Waals surface area contributed by atoms with Crippen molar-refractivity contribution in [3.63, 3.8) is 0 Å². The smallest absolute Gasteiger partial charge is 0.306 e. The molecule has 0 fully saturated rings. The van der Waals surface area contributed by atoms with Crippen LogP contribution in [0.3, 0.4) is 0 Å². The van der Waals surface area contributed by atoms with Crippen LogP contribution < -0.4 is 5.32 Å². The molecule has 1 aliphatic rings. The molecule has 0 amide bonds. The number of hydrogen-bond donors (Lipinski definition) is 2. The van der Waals surface area contributed by atoms with Crippen LogP contribution in [0.5, 0.6) is 0 Å². The van der Waals surface area contributed by atoms with Crippen LogP contribution in [0.15, 0.2) is 18.2 Å². The van der Waals surface area contributed by atoms with E-state index in [1.807, 2.05) is 18.2 Å². The third kappa shape index (κ3) is 2.14. The molecule has 1 aromatic rings. The molecule has 2 N–H and O–H groups in total. The fourth-order valence-electron chi connectivity index (χ4n) is 2.11. The number of aliphatic carboxylic acids is 1. The van der Waals surface area contributed by atoms with Crippen molar-refractivity contribution in [3.05, 3.63) is 28.8 Å². The summed E-state index contributed by atoms with van der Waals surface area (Å²) in [6, 6.07) is 5.72. The van der Waals surface area contributed by atoms with Gasteiger partial charge in [-0.2, -0.15) is 0 Å². The largest absolute Gasteiger partial charge is 0.481 e. The summed E-state index contributed by atoms with van der Waals surface area (Å²) in [4.78, 5) is 10.8. The number of fused-ring (bicyclic) bond motifs is 1. The van der Waals surface area contributed by atoms with E-state index in [2.05, 4.69) is 5.32 Å². The predicted octanol–water partition coefficient (Wildman–Crippen LogP) is 2.96. The minimum atomic E-state index is -0.740. The lowest BCUT2D eigenvalue weighted by molar-refractivity contribution is -0.141.